The van der Waals surface area contributed by atoms with Crippen molar-refractivity contribution < 1.29 is 9.59 Å². The van der Waals surface area contributed by atoms with Crippen LogP contribution in [0.2, 0.25) is 0 Å². The molecule has 2 heterocycles. The van der Waals surface area contributed by atoms with Crippen molar-refractivity contribution in [1.29, 1.82) is 0 Å². The lowest BCUT2D eigenvalue weighted by molar-refractivity contribution is -0.117. The van der Waals surface area contributed by atoms with Crippen molar-refractivity contribution in [3.63, 3.8) is 0 Å². The monoisotopic (exact) mass is 368 g/mol. The zero-order valence-electron chi connectivity index (χ0n) is 14.6. The van der Waals surface area contributed by atoms with Gasteiger partial charge in [-0.25, -0.2) is 4.99 Å². The van der Waals surface area contributed by atoms with Gasteiger partial charge in [-0.05, 0) is 61.4 Å². The minimum atomic E-state index is -0.321. The highest BCUT2D eigenvalue weighted by Crippen LogP contribution is 2.38. The Labute approximate surface area is 156 Å². The van der Waals surface area contributed by atoms with E-state index in [9.17, 15) is 9.59 Å². The number of rotatable bonds is 3. The van der Waals surface area contributed by atoms with Gasteiger partial charge in [0.15, 0.2) is 0 Å². The fourth-order valence-electron chi connectivity index (χ4n) is 3.76. The predicted octanol–water partition coefficient (Wildman–Crippen LogP) is 3.14. The summed E-state index contributed by atoms with van der Waals surface area (Å²) in [6.07, 6.45) is 11.4. The van der Waals surface area contributed by atoms with E-state index in [1.54, 1.807) is 0 Å². The summed E-state index contributed by atoms with van der Waals surface area (Å²) in [7, 11) is 0. The number of aromatic nitrogens is 2. The largest absolute Gasteiger partial charge is 0.325 e. The third-order valence-corrected chi connectivity index (χ3v) is 5.74. The Morgan fingerprint density at radius 3 is 3.08 bits per heavy atom. The lowest BCUT2D eigenvalue weighted by Crippen LogP contribution is -2.37. The molecule has 0 radical (unpaired) electrons. The fourth-order valence-corrected chi connectivity index (χ4v) is 4.35. The molecule has 3 aliphatic rings. The molecule has 0 bridgehead atoms. The smallest absolute Gasteiger partial charge is 0.291 e. The normalized spacial score (nSPS) is 23.4. The summed E-state index contributed by atoms with van der Waals surface area (Å²) in [5.74, 6) is -0.212. The van der Waals surface area contributed by atoms with E-state index in [1.165, 1.54) is 5.57 Å². The van der Waals surface area contributed by atoms with Gasteiger partial charge in [0, 0.05) is 17.2 Å². The van der Waals surface area contributed by atoms with Crippen molar-refractivity contribution in [2.75, 3.05) is 0 Å². The van der Waals surface area contributed by atoms with Crippen molar-refractivity contribution in [2.24, 2.45) is 10.9 Å². The van der Waals surface area contributed by atoms with Gasteiger partial charge in [-0.3, -0.25) is 9.59 Å². The third kappa shape index (κ3) is 3.07. The molecule has 2 amide bonds. The van der Waals surface area contributed by atoms with E-state index in [-0.39, 0.29) is 17.7 Å². The number of hydrogen-bond donors (Lipinski definition) is 1. The summed E-state index contributed by atoms with van der Waals surface area (Å²) in [5.41, 5.74) is 4.25. The van der Waals surface area contributed by atoms with Crippen LogP contribution in [0.15, 0.2) is 40.1 Å². The molecular formula is C19H20N4O2S. The van der Waals surface area contributed by atoms with Crippen LogP contribution in [-0.4, -0.2) is 27.1 Å². The van der Waals surface area contributed by atoms with Gasteiger partial charge in [-0.2, -0.15) is 0 Å². The molecule has 1 N–H and O–H groups in total. The van der Waals surface area contributed by atoms with Crippen LogP contribution in [0.25, 0.3) is 0 Å². The lowest BCUT2D eigenvalue weighted by atomic mass is 9.77. The standard InChI is InChI=1S/C19H20N4O2S/c1-2-5-15-17(26-23-22-15)19(25)20-11-8-9-13-12-6-3-4-7-14(12)18(24)21-16(13)10-11/h8-10,13H,2-7H2,1H3,(H,21,24). The molecule has 1 aliphatic heterocycles. The third-order valence-electron chi connectivity index (χ3n) is 4.98. The first-order valence-electron chi connectivity index (χ1n) is 9.04. The minimum Gasteiger partial charge on any atom is -0.325 e. The molecule has 0 saturated heterocycles. The Balaban J connectivity index is 1.60. The van der Waals surface area contributed by atoms with Gasteiger partial charge in [-0.1, -0.05) is 23.9 Å². The Kier molecular flexibility index (Phi) is 4.63. The van der Waals surface area contributed by atoms with Crippen molar-refractivity contribution in [3.05, 3.63) is 45.6 Å². The fraction of sp³-hybridized carbons (Fsp3) is 0.421. The van der Waals surface area contributed by atoms with Crippen molar-refractivity contribution in [2.45, 2.75) is 45.4 Å². The van der Waals surface area contributed by atoms with E-state index >= 15 is 0 Å². The number of aryl methyl sites for hydroxylation is 1. The van der Waals surface area contributed by atoms with Gasteiger partial charge in [0.2, 0.25) is 0 Å². The molecular weight excluding hydrogens is 348 g/mol. The molecule has 1 atom stereocenters. The van der Waals surface area contributed by atoms with Crippen molar-refractivity contribution >= 4 is 29.1 Å². The Hall–Kier alpha value is -2.41. The first-order chi connectivity index (χ1) is 12.7. The maximum Gasteiger partial charge on any atom is 0.291 e. The van der Waals surface area contributed by atoms with Crippen LogP contribution < -0.4 is 5.32 Å². The molecule has 6 nitrogen and oxygen atoms in total. The highest BCUT2D eigenvalue weighted by atomic mass is 32.1. The molecule has 0 fully saturated rings. The summed E-state index contributed by atoms with van der Waals surface area (Å²) >= 11 is 1.08. The van der Waals surface area contributed by atoms with Gasteiger partial charge in [0.25, 0.3) is 11.8 Å². The van der Waals surface area contributed by atoms with Crippen LogP contribution in [-0.2, 0) is 11.2 Å². The van der Waals surface area contributed by atoms with E-state index in [2.05, 4.69) is 19.9 Å². The number of carbonyl (C=O) groups is 2. The molecule has 7 heteroatoms. The second-order valence-corrected chi connectivity index (χ2v) is 7.50. The molecule has 1 aromatic rings. The number of amides is 2. The molecule has 1 unspecified atom stereocenters. The molecule has 2 aliphatic carbocycles. The van der Waals surface area contributed by atoms with Crippen LogP contribution in [0, 0.1) is 5.92 Å². The molecule has 0 aromatic carbocycles. The number of fused-ring (bicyclic) bond motifs is 2. The number of allylic oxidation sites excluding steroid dienone is 3. The molecule has 0 saturated carbocycles. The van der Waals surface area contributed by atoms with E-state index in [1.807, 2.05) is 25.2 Å². The molecule has 4 rings (SSSR count). The van der Waals surface area contributed by atoms with Crippen LogP contribution in [0.5, 0.6) is 0 Å². The zero-order valence-corrected chi connectivity index (χ0v) is 15.4. The minimum absolute atomic E-state index is 0.0000605. The average Bonchev–Trinajstić information content (AvgIpc) is 3.11. The van der Waals surface area contributed by atoms with Gasteiger partial charge in [-0.15, -0.1) is 5.10 Å². The summed E-state index contributed by atoms with van der Waals surface area (Å²) in [4.78, 5) is 29.6. The second-order valence-electron chi connectivity index (χ2n) is 6.74. The molecule has 1 aromatic heterocycles. The van der Waals surface area contributed by atoms with Gasteiger partial charge >= 0.3 is 0 Å². The quantitative estimate of drug-likeness (QED) is 0.888. The number of carbonyl (C=O) groups excluding carboxylic acids is 2. The molecule has 26 heavy (non-hydrogen) atoms. The van der Waals surface area contributed by atoms with Crippen LogP contribution in [0.3, 0.4) is 0 Å². The molecule has 134 valence electrons. The van der Waals surface area contributed by atoms with Crippen molar-refractivity contribution in [3.8, 4) is 0 Å². The number of hydrogen-bond acceptors (Lipinski definition) is 5. The average molecular weight is 368 g/mol. The Morgan fingerprint density at radius 1 is 1.38 bits per heavy atom. The topological polar surface area (TPSA) is 84.3 Å². The lowest BCUT2D eigenvalue weighted by Gasteiger charge is -2.33. The molecule has 0 spiro atoms. The maximum atomic E-state index is 12.5. The summed E-state index contributed by atoms with van der Waals surface area (Å²) in [6, 6.07) is 0. The second kappa shape index (κ2) is 7.07. The maximum absolute atomic E-state index is 12.5. The van der Waals surface area contributed by atoms with E-state index in [0.29, 0.717) is 22.7 Å². The van der Waals surface area contributed by atoms with Crippen LogP contribution in [0.4, 0.5) is 0 Å². The van der Waals surface area contributed by atoms with Gasteiger partial charge < -0.3 is 5.32 Å². The number of nitrogens with zero attached hydrogens (tertiary/aromatic N) is 3. The van der Waals surface area contributed by atoms with Crippen molar-refractivity contribution in [1.82, 2.24) is 14.9 Å². The van der Waals surface area contributed by atoms with Gasteiger partial charge in [0.1, 0.15) is 4.88 Å². The first-order valence-corrected chi connectivity index (χ1v) is 9.82. The highest BCUT2D eigenvalue weighted by Gasteiger charge is 2.33. The summed E-state index contributed by atoms with van der Waals surface area (Å²) < 4.78 is 3.88. The predicted molar refractivity (Wildman–Crippen MR) is 100 cm³/mol. The summed E-state index contributed by atoms with van der Waals surface area (Å²) in [5, 5.41) is 7.01. The van der Waals surface area contributed by atoms with E-state index < -0.39 is 0 Å². The number of aliphatic imine (C=N–C) groups is 1. The van der Waals surface area contributed by atoms with Gasteiger partial charge in [0.05, 0.1) is 11.4 Å². The van der Waals surface area contributed by atoms with E-state index in [4.69, 9.17) is 0 Å². The highest BCUT2D eigenvalue weighted by molar-refractivity contribution is 7.08. The van der Waals surface area contributed by atoms with Crippen LogP contribution >= 0.6 is 11.5 Å². The first kappa shape index (κ1) is 17.0. The van der Waals surface area contributed by atoms with E-state index in [0.717, 1.165) is 54.9 Å². The number of nitrogens with one attached hydrogen (secondary N) is 1. The SMILES string of the molecule is CCCc1nnsc1C(=O)N=C1C=CC2C(=C1)NC(=O)C1=C2CCCC1. The summed E-state index contributed by atoms with van der Waals surface area (Å²) in [6.45, 7) is 2.04. The van der Waals surface area contributed by atoms with Crippen LogP contribution in [0.1, 0.15) is 54.4 Å². The Morgan fingerprint density at radius 2 is 2.23 bits per heavy atom. The Bertz CT molecular complexity index is 891. The zero-order chi connectivity index (χ0) is 18.1.